The molecule has 8 nitrogen and oxygen atoms in total. The quantitative estimate of drug-likeness (QED) is 0.395. The van der Waals surface area contributed by atoms with Crippen LogP contribution in [0.15, 0.2) is 18.7 Å². The van der Waals surface area contributed by atoms with Crippen LogP contribution in [0.25, 0.3) is 11.3 Å². The highest BCUT2D eigenvalue weighted by Gasteiger charge is 2.66. The Kier molecular flexibility index (Phi) is 6.52. The minimum atomic E-state index is -2.46. The smallest absolute Gasteiger partial charge is 0.161 e. The number of rotatable bonds is 7. The first-order valence-electron chi connectivity index (χ1n) is 9.64. The SMILES string of the molecule is [B]C1([B])C(Cn2cc(-c3ncnc(N)c3CC(OC)OC)cn2)C([B])([B])C([B])(O)C1([B])[B]. The predicted octanol–water partition coefficient (Wildman–Crippen LogP) is -2.07. The molecule has 0 spiro atoms. The highest BCUT2D eigenvalue weighted by atomic mass is 16.7. The Morgan fingerprint density at radius 1 is 1.09 bits per heavy atom. The Bertz CT molecular complexity index is 955. The molecule has 1 aliphatic carbocycles. The summed E-state index contributed by atoms with van der Waals surface area (Å²) in [5.74, 6) is -0.790. The van der Waals surface area contributed by atoms with E-state index < -0.39 is 33.3 Å². The van der Waals surface area contributed by atoms with E-state index in [1.54, 1.807) is 12.4 Å². The fourth-order valence-corrected chi connectivity index (χ4v) is 4.02. The molecular weight excluding hydrogens is 398 g/mol. The first kappa shape index (κ1) is 25.1. The topological polar surface area (TPSA) is 108 Å². The van der Waals surface area contributed by atoms with E-state index in [-0.39, 0.29) is 12.4 Å². The van der Waals surface area contributed by atoms with Crippen molar-refractivity contribution in [1.29, 1.82) is 0 Å². The highest BCUT2D eigenvalue weighted by molar-refractivity contribution is 6.61. The van der Waals surface area contributed by atoms with Crippen molar-refractivity contribution < 1.29 is 14.6 Å². The molecule has 150 valence electrons. The van der Waals surface area contributed by atoms with Gasteiger partial charge in [-0.2, -0.15) is 5.10 Å². The maximum Gasteiger partial charge on any atom is 0.161 e. The van der Waals surface area contributed by atoms with Crippen LogP contribution < -0.4 is 5.73 Å². The molecular formula is C17H18B7N5O3. The van der Waals surface area contributed by atoms with Crippen molar-refractivity contribution in [3.63, 3.8) is 0 Å². The zero-order chi connectivity index (χ0) is 24.1. The van der Waals surface area contributed by atoms with Gasteiger partial charge >= 0.3 is 0 Å². The first-order chi connectivity index (χ1) is 14.7. The van der Waals surface area contributed by atoms with Crippen LogP contribution in [0.3, 0.4) is 0 Å². The van der Waals surface area contributed by atoms with Crippen LogP contribution in [0.4, 0.5) is 5.82 Å². The lowest BCUT2D eigenvalue weighted by molar-refractivity contribution is -0.100. The highest BCUT2D eigenvalue weighted by Crippen LogP contribution is 2.72. The van der Waals surface area contributed by atoms with Crippen molar-refractivity contribution in [2.24, 2.45) is 5.92 Å². The molecule has 0 bridgehead atoms. The monoisotopic (exact) mass is 417 g/mol. The maximum atomic E-state index is 10.6. The van der Waals surface area contributed by atoms with Crippen LogP contribution in [0.2, 0.25) is 15.6 Å². The van der Waals surface area contributed by atoms with E-state index in [0.717, 1.165) is 0 Å². The van der Waals surface area contributed by atoms with Gasteiger partial charge in [-0.1, -0.05) is 10.4 Å². The minimum Gasteiger partial charge on any atom is -0.402 e. The minimum absolute atomic E-state index is 0.0513. The summed E-state index contributed by atoms with van der Waals surface area (Å²) < 4.78 is 12.0. The fraction of sp³-hybridized carbons (Fsp3) is 0.588. The summed E-state index contributed by atoms with van der Waals surface area (Å²) in [7, 11) is 45.4. The van der Waals surface area contributed by atoms with Crippen LogP contribution >= 0.6 is 0 Å². The molecule has 2 heterocycles. The number of methoxy groups -OCH3 is 2. The van der Waals surface area contributed by atoms with Crippen molar-refractivity contribution in [2.45, 2.75) is 40.4 Å². The Morgan fingerprint density at radius 2 is 1.72 bits per heavy atom. The van der Waals surface area contributed by atoms with E-state index >= 15 is 0 Å². The zero-order valence-electron chi connectivity index (χ0n) is 18.0. The van der Waals surface area contributed by atoms with Crippen LogP contribution in [-0.4, -0.2) is 106 Å². The van der Waals surface area contributed by atoms with E-state index in [2.05, 4.69) is 15.1 Å². The van der Waals surface area contributed by atoms with E-state index in [1.165, 1.54) is 25.2 Å². The van der Waals surface area contributed by atoms with Crippen molar-refractivity contribution in [1.82, 2.24) is 19.7 Å². The number of nitrogens with two attached hydrogens (primary N) is 1. The van der Waals surface area contributed by atoms with Crippen LogP contribution in [-0.2, 0) is 22.4 Å². The summed E-state index contributed by atoms with van der Waals surface area (Å²) in [4.78, 5) is 8.37. The van der Waals surface area contributed by atoms with Gasteiger partial charge in [-0.25, -0.2) is 9.97 Å². The first-order valence-corrected chi connectivity index (χ1v) is 9.64. The van der Waals surface area contributed by atoms with E-state index in [4.69, 9.17) is 70.1 Å². The Balaban J connectivity index is 1.95. The van der Waals surface area contributed by atoms with E-state index in [0.29, 0.717) is 23.2 Å². The third-order valence-electron chi connectivity index (χ3n) is 6.31. The summed E-state index contributed by atoms with van der Waals surface area (Å²) in [5.41, 5.74) is 5.33. The number of hydrogen-bond donors (Lipinski definition) is 2. The number of ether oxygens (including phenoxy) is 2. The molecule has 14 radical (unpaired) electrons. The van der Waals surface area contributed by atoms with Gasteiger partial charge in [0.25, 0.3) is 0 Å². The predicted molar refractivity (Wildman–Crippen MR) is 126 cm³/mol. The molecule has 0 aliphatic heterocycles. The van der Waals surface area contributed by atoms with Gasteiger partial charge < -0.3 is 20.3 Å². The van der Waals surface area contributed by atoms with Gasteiger partial charge in [-0.3, -0.25) is 4.68 Å². The summed E-state index contributed by atoms with van der Waals surface area (Å²) in [5, 5.41) is 8.80. The fourth-order valence-electron chi connectivity index (χ4n) is 4.02. The molecule has 3 rings (SSSR count). The molecule has 0 aromatic carbocycles. The number of anilines is 1. The molecule has 1 fully saturated rings. The van der Waals surface area contributed by atoms with Crippen LogP contribution in [0.1, 0.15) is 5.56 Å². The molecule has 0 saturated heterocycles. The lowest BCUT2D eigenvalue weighted by Crippen LogP contribution is -2.51. The summed E-state index contributed by atoms with van der Waals surface area (Å²) in [6.07, 6.45) is 4.28. The molecule has 1 saturated carbocycles. The molecule has 2 unspecified atom stereocenters. The summed E-state index contributed by atoms with van der Waals surface area (Å²) >= 11 is 0. The summed E-state index contributed by atoms with van der Waals surface area (Å²) in [6, 6.07) is 0. The van der Waals surface area contributed by atoms with Crippen molar-refractivity contribution in [2.75, 3.05) is 20.0 Å². The Labute approximate surface area is 197 Å². The number of hydrogen-bond acceptors (Lipinski definition) is 7. The Morgan fingerprint density at radius 3 is 2.25 bits per heavy atom. The number of nitrogens with zero attached hydrogens (tertiary/aromatic N) is 4. The lowest BCUT2D eigenvalue weighted by Gasteiger charge is -2.49. The largest absolute Gasteiger partial charge is 0.402 e. The van der Waals surface area contributed by atoms with Gasteiger partial charge in [0.15, 0.2) is 6.29 Å². The van der Waals surface area contributed by atoms with Gasteiger partial charge in [0.2, 0.25) is 0 Å². The van der Waals surface area contributed by atoms with E-state index in [9.17, 15) is 5.11 Å². The van der Waals surface area contributed by atoms with Gasteiger partial charge in [0.05, 0.1) is 59.0 Å². The normalized spacial score (nSPS) is 25.8. The molecule has 2 atom stereocenters. The molecule has 0 amide bonds. The van der Waals surface area contributed by atoms with E-state index in [1.807, 2.05) is 0 Å². The van der Waals surface area contributed by atoms with Gasteiger partial charge in [0, 0.05) is 50.0 Å². The maximum absolute atomic E-state index is 10.6. The van der Waals surface area contributed by atoms with Gasteiger partial charge in [0.1, 0.15) is 20.0 Å². The molecule has 2 aromatic heterocycles. The zero-order valence-corrected chi connectivity index (χ0v) is 18.0. The Hall–Kier alpha value is -1.58. The van der Waals surface area contributed by atoms with Crippen LogP contribution in [0.5, 0.6) is 0 Å². The average molecular weight is 416 g/mol. The number of aromatic nitrogens is 4. The van der Waals surface area contributed by atoms with Gasteiger partial charge in [-0.05, 0) is 5.92 Å². The van der Waals surface area contributed by atoms with Gasteiger partial charge in [-0.15, -0.1) is 5.21 Å². The standard InChI is InChI=1S/C17H18B7N5O3/c1-31-11(32-2)3-9-12(26-7-27-13(9)25)8-4-28-29(5-8)6-10-14(18,19)16(22,23)17(24,30)15(10,20)21/h4-5,7,10-11,30H,3,6H2,1-2H3,(H2,25,26,27). The number of aliphatic hydroxyl groups is 1. The second-order valence-electron chi connectivity index (χ2n) is 8.20. The second kappa shape index (κ2) is 8.33. The van der Waals surface area contributed by atoms with Crippen LogP contribution in [0, 0.1) is 5.92 Å². The third-order valence-corrected chi connectivity index (χ3v) is 6.31. The van der Waals surface area contributed by atoms with Crippen molar-refractivity contribution in [3.05, 3.63) is 24.3 Å². The average Bonchev–Trinajstić information content (AvgIpc) is 3.20. The lowest BCUT2D eigenvalue weighted by atomic mass is 9.25. The molecule has 3 N–H and O–H groups in total. The number of nitrogen functional groups attached to an aromatic ring is 1. The van der Waals surface area contributed by atoms with Crippen molar-refractivity contribution in [3.8, 4) is 11.3 Å². The molecule has 32 heavy (non-hydrogen) atoms. The molecule has 15 heteroatoms. The van der Waals surface area contributed by atoms with Crippen molar-refractivity contribution >= 4 is 60.7 Å². The summed E-state index contributed by atoms with van der Waals surface area (Å²) in [6.45, 7) is -0.0513. The second-order valence-corrected chi connectivity index (χ2v) is 8.20. The third kappa shape index (κ3) is 3.66. The molecule has 1 aliphatic rings. The molecule has 2 aromatic rings.